The molecule has 2 heterocycles. The van der Waals surface area contributed by atoms with E-state index in [9.17, 15) is 4.79 Å². The smallest absolute Gasteiger partial charge is 0.199 e. The highest BCUT2D eigenvalue weighted by atomic mass is 32.1. The van der Waals surface area contributed by atoms with Gasteiger partial charge < -0.3 is 0 Å². The second-order valence-corrected chi connectivity index (χ2v) is 4.21. The van der Waals surface area contributed by atoms with Gasteiger partial charge in [-0.1, -0.05) is 12.1 Å². The fourth-order valence-corrected chi connectivity index (χ4v) is 2.47. The highest BCUT2D eigenvalue weighted by molar-refractivity contribution is 7.16. The first kappa shape index (κ1) is 9.23. The van der Waals surface area contributed by atoms with Gasteiger partial charge in [0.1, 0.15) is 6.33 Å². The van der Waals surface area contributed by atoms with Crippen LogP contribution < -0.4 is 5.43 Å². The molecule has 0 bridgehead atoms. The minimum Gasteiger partial charge on any atom is -0.288 e. The maximum Gasteiger partial charge on any atom is 0.199 e. The van der Waals surface area contributed by atoms with Crippen molar-refractivity contribution in [3.05, 3.63) is 46.2 Å². The number of aromatic amines is 1. The molecular formula is C11H7N3OS. The van der Waals surface area contributed by atoms with E-state index in [1.54, 1.807) is 5.38 Å². The van der Waals surface area contributed by atoms with Crippen LogP contribution in [0.25, 0.3) is 21.5 Å². The van der Waals surface area contributed by atoms with E-state index in [-0.39, 0.29) is 5.43 Å². The molecule has 0 amide bonds. The Kier molecular flexibility index (Phi) is 2.04. The molecule has 2 aromatic heterocycles. The van der Waals surface area contributed by atoms with E-state index in [0.29, 0.717) is 11.4 Å². The standard InChI is InChI=1S/C11H7N3OS/c15-10-7-3-1-2-4-9(7)16-5-8(10)11-12-6-13-14-11/h1-6H,(H,12,13,14). The number of hydrogen-bond acceptors (Lipinski definition) is 4. The number of fused-ring (bicyclic) bond motifs is 1. The Balaban J connectivity index is 2.37. The van der Waals surface area contributed by atoms with Gasteiger partial charge in [0.15, 0.2) is 11.3 Å². The fourth-order valence-electron chi connectivity index (χ4n) is 1.57. The first-order valence-corrected chi connectivity index (χ1v) is 5.61. The van der Waals surface area contributed by atoms with Crippen LogP contribution in [0.4, 0.5) is 0 Å². The van der Waals surface area contributed by atoms with Crippen molar-refractivity contribution in [2.45, 2.75) is 0 Å². The minimum absolute atomic E-state index is 0.0195. The number of benzene rings is 1. The summed E-state index contributed by atoms with van der Waals surface area (Å²) in [6, 6.07) is 7.54. The van der Waals surface area contributed by atoms with Gasteiger partial charge in [-0.05, 0) is 12.1 Å². The average Bonchev–Trinajstić information content (AvgIpc) is 2.83. The van der Waals surface area contributed by atoms with Crippen molar-refractivity contribution in [3.63, 3.8) is 0 Å². The van der Waals surface area contributed by atoms with Crippen LogP contribution in [0.15, 0.2) is 40.8 Å². The molecule has 0 aliphatic heterocycles. The van der Waals surface area contributed by atoms with Gasteiger partial charge in [-0.15, -0.1) is 11.3 Å². The van der Waals surface area contributed by atoms with Crippen molar-refractivity contribution in [2.24, 2.45) is 0 Å². The molecule has 0 saturated heterocycles. The molecule has 3 aromatic rings. The second kappa shape index (κ2) is 3.53. The number of hydrogen-bond donors (Lipinski definition) is 1. The van der Waals surface area contributed by atoms with E-state index in [1.807, 2.05) is 24.3 Å². The summed E-state index contributed by atoms with van der Waals surface area (Å²) in [5.74, 6) is 0.451. The normalized spacial score (nSPS) is 10.8. The Morgan fingerprint density at radius 3 is 2.94 bits per heavy atom. The van der Waals surface area contributed by atoms with E-state index >= 15 is 0 Å². The Labute approximate surface area is 94.6 Å². The summed E-state index contributed by atoms with van der Waals surface area (Å²) in [4.78, 5) is 16.1. The zero-order valence-electron chi connectivity index (χ0n) is 8.18. The van der Waals surface area contributed by atoms with Gasteiger partial charge in [-0.2, -0.15) is 5.10 Å². The molecule has 1 N–H and O–H groups in total. The summed E-state index contributed by atoms with van der Waals surface area (Å²) < 4.78 is 0.979. The maximum absolute atomic E-state index is 12.1. The van der Waals surface area contributed by atoms with Crippen LogP contribution in [0.2, 0.25) is 0 Å². The molecular weight excluding hydrogens is 222 g/mol. The third-order valence-corrected chi connectivity index (χ3v) is 3.30. The molecule has 0 aliphatic carbocycles. The fraction of sp³-hybridized carbons (Fsp3) is 0. The zero-order valence-corrected chi connectivity index (χ0v) is 8.99. The first-order valence-electron chi connectivity index (χ1n) is 4.73. The van der Waals surface area contributed by atoms with Crippen molar-refractivity contribution in [3.8, 4) is 11.4 Å². The number of rotatable bonds is 1. The zero-order chi connectivity index (χ0) is 11.0. The van der Waals surface area contributed by atoms with Gasteiger partial charge in [0.25, 0.3) is 0 Å². The van der Waals surface area contributed by atoms with Crippen molar-refractivity contribution >= 4 is 21.4 Å². The third kappa shape index (κ3) is 1.33. The van der Waals surface area contributed by atoms with Gasteiger partial charge in [-0.25, -0.2) is 4.98 Å². The summed E-state index contributed by atoms with van der Waals surface area (Å²) in [5, 5.41) is 9.05. The van der Waals surface area contributed by atoms with Gasteiger partial charge in [-0.3, -0.25) is 9.89 Å². The molecule has 0 radical (unpaired) electrons. The minimum atomic E-state index is -0.0195. The molecule has 5 heteroatoms. The second-order valence-electron chi connectivity index (χ2n) is 3.30. The Morgan fingerprint density at radius 1 is 1.25 bits per heavy atom. The first-order chi connectivity index (χ1) is 7.86. The highest BCUT2D eigenvalue weighted by Crippen LogP contribution is 2.20. The number of nitrogens with zero attached hydrogens (tertiary/aromatic N) is 2. The van der Waals surface area contributed by atoms with Crippen LogP contribution in [0.5, 0.6) is 0 Å². The van der Waals surface area contributed by atoms with Gasteiger partial charge in [0.05, 0.1) is 5.56 Å². The topological polar surface area (TPSA) is 58.6 Å². The Morgan fingerprint density at radius 2 is 2.12 bits per heavy atom. The van der Waals surface area contributed by atoms with Crippen LogP contribution in [0.3, 0.4) is 0 Å². The number of H-pyrrole nitrogens is 1. The molecule has 0 fully saturated rings. The van der Waals surface area contributed by atoms with E-state index in [4.69, 9.17) is 0 Å². The van der Waals surface area contributed by atoms with Gasteiger partial charge >= 0.3 is 0 Å². The Bertz CT molecular complexity index is 688. The molecule has 0 saturated carbocycles. The van der Waals surface area contributed by atoms with E-state index in [1.165, 1.54) is 17.7 Å². The van der Waals surface area contributed by atoms with Gasteiger partial charge in [0, 0.05) is 15.5 Å². The lowest BCUT2D eigenvalue weighted by atomic mass is 10.2. The summed E-state index contributed by atoms with van der Waals surface area (Å²) in [5.41, 5.74) is 0.527. The van der Waals surface area contributed by atoms with Crippen LogP contribution >= 0.6 is 11.3 Å². The molecule has 3 rings (SSSR count). The monoisotopic (exact) mass is 229 g/mol. The van der Waals surface area contributed by atoms with Crippen LogP contribution in [0, 0.1) is 0 Å². The highest BCUT2D eigenvalue weighted by Gasteiger charge is 2.09. The average molecular weight is 229 g/mol. The van der Waals surface area contributed by atoms with Gasteiger partial charge in [0.2, 0.25) is 0 Å². The van der Waals surface area contributed by atoms with Crippen molar-refractivity contribution in [1.82, 2.24) is 15.2 Å². The molecule has 0 atom stereocenters. The maximum atomic E-state index is 12.1. The molecule has 0 spiro atoms. The quantitative estimate of drug-likeness (QED) is 0.694. The SMILES string of the molecule is O=c1c(-c2nc[nH]n2)csc2ccccc12. The number of aromatic nitrogens is 3. The summed E-state index contributed by atoms with van der Waals surface area (Å²) in [6.45, 7) is 0. The summed E-state index contributed by atoms with van der Waals surface area (Å²) in [7, 11) is 0. The van der Waals surface area contributed by atoms with Crippen molar-refractivity contribution in [1.29, 1.82) is 0 Å². The lowest BCUT2D eigenvalue weighted by Crippen LogP contribution is -2.04. The molecule has 0 unspecified atom stereocenters. The summed E-state index contributed by atoms with van der Waals surface area (Å²) in [6.07, 6.45) is 1.47. The molecule has 4 nitrogen and oxygen atoms in total. The summed E-state index contributed by atoms with van der Waals surface area (Å²) >= 11 is 1.52. The molecule has 0 aliphatic rings. The molecule has 78 valence electrons. The lowest BCUT2D eigenvalue weighted by molar-refractivity contribution is 1.09. The van der Waals surface area contributed by atoms with Crippen LogP contribution in [0.1, 0.15) is 0 Å². The third-order valence-electron chi connectivity index (χ3n) is 2.34. The van der Waals surface area contributed by atoms with E-state index in [0.717, 1.165) is 10.1 Å². The van der Waals surface area contributed by atoms with E-state index < -0.39 is 0 Å². The van der Waals surface area contributed by atoms with Crippen molar-refractivity contribution in [2.75, 3.05) is 0 Å². The van der Waals surface area contributed by atoms with Crippen LogP contribution in [-0.2, 0) is 0 Å². The molecule has 16 heavy (non-hydrogen) atoms. The predicted molar refractivity (Wildman–Crippen MR) is 63.5 cm³/mol. The van der Waals surface area contributed by atoms with E-state index in [2.05, 4.69) is 15.2 Å². The Hall–Kier alpha value is -2.01. The van der Waals surface area contributed by atoms with Crippen LogP contribution in [-0.4, -0.2) is 15.2 Å². The molecule has 1 aromatic carbocycles. The predicted octanol–water partition coefficient (Wildman–Crippen LogP) is 2.05. The van der Waals surface area contributed by atoms with Crippen molar-refractivity contribution < 1.29 is 0 Å². The lowest BCUT2D eigenvalue weighted by Gasteiger charge is -1.97. The number of nitrogens with one attached hydrogen (secondary N) is 1. The largest absolute Gasteiger partial charge is 0.288 e.